The van der Waals surface area contributed by atoms with Gasteiger partial charge in [0.25, 0.3) is 0 Å². The van der Waals surface area contributed by atoms with Crippen LogP contribution in [0.25, 0.3) is 0 Å². The van der Waals surface area contributed by atoms with Gasteiger partial charge in [-0.25, -0.2) is 0 Å². The minimum atomic E-state index is -0.425. The maximum atomic E-state index is 10.6. The average molecular weight is 325 g/mol. The summed E-state index contributed by atoms with van der Waals surface area (Å²) in [6.07, 6.45) is 8.09. The number of aliphatic hydroxyl groups is 1. The smallest absolute Gasteiger partial charge is 0.0771 e. The maximum absolute atomic E-state index is 10.6. The number of piperidine rings is 1. The molecule has 0 atom stereocenters. The Labute approximate surface area is 141 Å². The van der Waals surface area contributed by atoms with Gasteiger partial charge in [0.05, 0.1) is 18.8 Å². The summed E-state index contributed by atoms with van der Waals surface area (Å²) in [4.78, 5) is 5.12. The minimum absolute atomic E-state index is 0.425. The fourth-order valence-corrected chi connectivity index (χ4v) is 4.19. The first-order valence-corrected chi connectivity index (χ1v) is 9.72. The van der Waals surface area contributed by atoms with Crippen LogP contribution in [0.5, 0.6) is 0 Å². The number of rotatable bonds is 6. The van der Waals surface area contributed by atoms with Gasteiger partial charge in [0.15, 0.2) is 0 Å². The maximum Gasteiger partial charge on any atom is 0.0771 e. The molecular formula is C18H35N3O2. The third kappa shape index (κ3) is 5.68. The van der Waals surface area contributed by atoms with Crippen LogP contribution in [0.1, 0.15) is 44.9 Å². The van der Waals surface area contributed by atoms with Gasteiger partial charge in [-0.1, -0.05) is 19.3 Å². The first-order valence-electron chi connectivity index (χ1n) is 9.72. The SMILES string of the molecule is OC1(CNC2CCN(CCN3CCOCC3)CC2)CCCCC1. The summed E-state index contributed by atoms with van der Waals surface area (Å²) in [7, 11) is 0. The summed E-state index contributed by atoms with van der Waals surface area (Å²) in [6, 6.07) is 0.598. The highest BCUT2D eigenvalue weighted by Crippen LogP contribution is 2.27. The topological polar surface area (TPSA) is 48.0 Å². The molecular weight excluding hydrogens is 290 g/mol. The molecule has 0 amide bonds. The zero-order valence-electron chi connectivity index (χ0n) is 14.6. The molecule has 1 aliphatic carbocycles. The van der Waals surface area contributed by atoms with Crippen LogP contribution in [0.4, 0.5) is 0 Å². The molecule has 0 aromatic rings. The molecule has 0 unspecified atom stereocenters. The number of nitrogens with zero attached hydrogens (tertiary/aromatic N) is 2. The van der Waals surface area contributed by atoms with Crippen molar-refractivity contribution in [3.05, 3.63) is 0 Å². The lowest BCUT2D eigenvalue weighted by Gasteiger charge is -2.37. The molecule has 2 heterocycles. The number of likely N-dealkylation sites (tertiary alicyclic amines) is 1. The van der Waals surface area contributed by atoms with Crippen LogP contribution < -0.4 is 5.32 Å². The zero-order chi connectivity index (χ0) is 16.0. The standard InChI is InChI=1S/C18H35N3O2/c22-18(6-2-1-3-7-18)16-19-17-4-8-20(9-5-17)10-11-21-12-14-23-15-13-21/h17,19,22H,1-16H2. The summed E-state index contributed by atoms with van der Waals surface area (Å²) in [5, 5.41) is 14.2. The molecule has 2 saturated heterocycles. The molecule has 23 heavy (non-hydrogen) atoms. The van der Waals surface area contributed by atoms with E-state index in [0.29, 0.717) is 6.04 Å². The van der Waals surface area contributed by atoms with Crippen molar-refractivity contribution in [1.29, 1.82) is 0 Å². The lowest BCUT2D eigenvalue weighted by molar-refractivity contribution is 0.000317. The molecule has 0 spiro atoms. The van der Waals surface area contributed by atoms with Crippen LogP contribution in [-0.2, 0) is 4.74 Å². The van der Waals surface area contributed by atoms with E-state index in [0.717, 1.165) is 45.7 Å². The van der Waals surface area contributed by atoms with Crippen LogP contribution in [-0.4, -0.2) is 85.6 Å². The summed E-state index contributed by atoms with van der Waals surface area (Å²) in [5.41, 5.74) is -0.425. The van der Waals surface area contributed by atoms with Gasteiger partial charge in [-0.15, -0.1) is 0 Å². The molecule has 3 rings (SSSR count). The molecule has 0 aromatic carbocycles. The molecule has 0 bridgehead atoms. The summed E-state index contributed by atoms with van der Waals surface area (Å²) < 4.78 is 5.41. The van der Waals surface area contributed by atoms with Crippen LogP contribution in [0.2, 0.25) is 0 Å². The first kappa shape index (κ1) is 17.6. The fourth-order valence-electron chi connectivity index (χ4n) is 4.19. The van der Waals surface area contributed by atoms with Crippen LogP contribution >= 0.6 is 0 Å². The Morgan fingerprint density at radius 1 is 0.913 bits per heavy atom. The normalized spacial score (nSPS) is 28.0. The van der Waals surface area contributed by atoms with Gasteiger partial charge in [-0.2, -0.15) is 0 Å². The third-order valence-electron chi connectivity index (χ3n) is 5.93. The predicted molar refractivity (Wildman–Crippen MR) is 92.8 cm³/mol. The molecule has 2 aliphatic heterocycles. The number of nitrogens with one attached hydrogen (secondary N) is 1. The molecule has 3 fully saturated rings. The number of hydrogen-bond donors (Lipinski definition) is 2. The van der Waals surface area contributed by atoms with Gasteiger partial charge in [-0.05, 0) is 38.8 Å². The second kappa shape index (κ2) is 8.77. The Bertz CT molecular complexity index is 333. The molecule has 2 N–H and O–H groups in total. The van der Waals surface area contributed by atoms with E-state index in [4.69, 9.17) is 4.74 Å². The average Bonchev–Trinajstić information content (AvgIpc) is 2.61. The monoisotopic (exact) mass is 325 g/mol. The molecule has 5 nitrogen and oxygen atoms in total. The minimum Gasteiger partial charge on any atom is -0.389 e. The van der Waals surface area contributed by atoms with E-state index in [9.17, 15) is 5.11 Å². The van der Waals surface area contributed by atoms with Gasteiger partial charge < -0.3 is 20.1 Å². The van der Waals surface area contributed by atoms with E-state index >= 15 is 0 Å². The quantitative estimate of drug-likeness (QED) is 0.765. The van der Waals surface area contributed by atoms with E-state index in [-0.39, 0.29) is 0 Å². The van der Waals surface area contributed by atoms with E-state index in [1.54, 1.807) is 0 Å². The molecule has 3 aliphatic rings. The Hall–Kier alpha value is -0.200. The summed E-state index contributed by atoms with van der Waals surface area (Å²) in [6.45, 7) is 9.54. The Morgan fingerprint density at radius 3 is 2.17 bits per heavy atom. The highest BCUT2D eigenvalue weighted by Gasteiger charge is 2.30. The van der Waals surface area contributed by atoms with Gasteiger partial charge in [0.2, 0.25) is 0 Å². The van der Waals surface area contributed by atoms with Crippen LogP contribution in [0.3, 0.4) is 0 Å². The summed E-state index contributed by atoms with van der Waals surface area (Å²) in [5.74, 6) is 0. The Morgan fingerprint density at radius 2 is 1.52 bits per heavy atom. The van der Waals surface area contributed by atoms with Crippen molar-refractivity contribution in [2.75, 3.05) is 59.0 Å². The molecule has 1 saturated carbocycles. The molecule has 0 radical (unpaired) electrons. The van der Waals surface area contributed by atoms with Gasteiger partial charge in [0, 0.05) is 38.8 Å². The van der Waals surface area contributed by atoms with Crippen molar-refractivity contribution < 1.29 is 9.84 Å². The third-order valence-corrected chi connectivity index (χ3v) is 5.93. The number of morpholine rings is 1. The van der Waals surface area contributed by atoms with E-state index in [1.807, 2.05) is 0 Å². The van der Waals surface area contributed by atoms with Crippen molar-refractivity contribution in [3.63, 3.8) is 0 Å². The Balaban J connectivity index is 1.29. The van der Waals surface area contributed by atoms with Crippen molar-refractivity contribution in [1.82, 2.24) is 15.1 Å². The highest BCUT2D eigenvalue weighted by molar-refractivity contribution is 4.87. The van der Waals surface area contributed by atoms with E-state index < -0.39 is 5.60 Å². The second-order valence-corrected chi connectivity index (χ2v) is 7.74. The second-order valence-electron chi connectivity index (χ2n) is 7.74. The van der Waals surface area contributed by atoms with Gasteiger partial charge >= 0.3 is 0 Å². The van der Waals surface area contributed by atoms with Crippen molar-refractivity contribution in [3.8, 4) is 0 Å². The summed E-state index contributed by atoms with van der Waals surface area (Å²) >= 11 is 0. The number of hydrogen-bond acceptors (Lipinski definition) is 5. The van der Waals surface area contributed by atoms with Crippen molar-refractivity contribution in [2.24, 2.45) is 0 Å². The van der Waals surface area contributed by atoms with Crippen molar-refractivity contribution >= 4 is 0 Å². The molecule has 0 aromatic heterocycles. The van der Waals surface area contributed by atoms with Crippen molar-refractivity contribution in [2.45, 2.75) is 56.6 Å². The van der Waals surface area contributed by atoms with Gasteiger partial charge in [0.1, 0.15) is 0 Å². The lowest BCUT2D eigenvalue weighted by atomic mass is 9.84. The van der Waals surface area contributed by atoms with E-state index in [2.05, 4.69) is 15.1 Å². The molecule has 5 heteroatoms. The zero-order valence-corrected chi connectivity index (χ0v) is 14.6. The molecule has 134 valence electrons. The first-order chi connectivity index (χ1) is 11.2. The number of ether oxygens (including phenoxy) is 1. The Kier molecular flexibility index (Phi) is 6.72. The largest absolute Gasteiger partial charge is 0.389 e. The van der Waals surface area contributed by atoms with Crippen LogP contribution in [0, 0.1) is 0 Å². The fraction of sp³-hybridized carbons (Fsp3) is 1.00. The predicted octanol–water partition coefficient (Wildman–Crippen LogP) is 1.07. The van der Waals surface area contributed by atoms with Crippen LogP contribution in [0.15, 0.2) is 0 Å². The van der Waals surface area contributed by atoms with E-state index in [1.165, 1.54) is 58.3 Å². The van der Waals surface area contributed by atoms with Gasteiger partial charge in [-0.3, -0.25) is 4.90 Å². The lowest BCUT2D eigenvalue weighted by Crippen LogP contribution is -2.50. The highest BCUT2D eigenvalue weighted by atomic mass is 16.5.